The van der Waals surface area contributed by atoms with E-state index in [1.807, 2.05) is 24.3 Å². The molecule has 1 heterocycles. The number of rotatable bonds is 3. The summed E-state index contributed by atoms with van der Waals surface area (Å²) in [5.74, 6) is -0.236. The van der Waals surface area contributed by atoms with Crippen molar-refractivity contribution in [3.8, 4) is 0 Å². The van der Waals surface area contributed by atoms with E-state index >= 15 is 0 Å². The number of para-hydroxylation sites is 1. The molecule has 1 saturated heterocycles. The van der Waals surface area contributed by atoms with Gasteiger partial charge in [0.05, 0.1) is 0 Å². The summed E-state index contributed by atoms with van der Waals surface area (Å²) < 4.78 is 0. The maximum Gasteiger partial charge on any atom is 0.344 e. The van der Waals surface area contributed by atoms with Crippen LogP contribution in [0.15, 0.2) is 24.3 Å². The lowest BCUT2D eigenvalue weighted by molar-refractivity contribution is -0.133. The van der Waals surface area contributed by atoms with E-state index in [0.717, 1.165) is 41.9 Å². The smallest absolute Gasteiger partial charge is 0.331 e. The minimum absolute atomic E-state index is 0.229. The number of nitrogens with one attached hydrogen (secondary N) is 3. The quantitative estimate of drug-likeness (QED) is 0.580. The summed E-state index contributed by atoms with van der Waals surface area (Å²) in [6.07, 6.45) is 5.24. The molecule has 1 spiro atoms. The Kier molecular flexibility index (Phi) is 4.71. The van der Waals surface area contributed by atoms with Gasteiger partial charge in [0.1, 0.15) is 5.54 Å². The summed E-state index contributed by atoms with van der Waals surface area (Å²) in [5.41, 5.74) is 3.98. The van der Waals surface area contributed by atoms with Gasteiger partial charge in [-0.3, -0.25) is 10.2 Å². The van der Waals surface area contributed by atoms with E-state index < -0.39 is 11.6 Å². The number of aryl methyl sites for hydroxylation is 1. The summed E-state index contributed by atoms with van der Waals surface area (Å²) in [5, 5.41) is 7.15. The van der Waals surface area contributed by atoms with Gasteiger partial charge in [-0.1, -0.05) is 44.4 Å². The summed E-state index contributed by atoms with van der Waals surface area (Å²) in [4.78, 5) is 24.9. The van der Waals surface area contributed by atoms with Crippen molar-refractivity contribution in [2.24, 2.45) is 0 Å². The van der Waals surface area contributed by atoms with Crippen molar-refractivity contribution in [3.63, 3.8) is 0 Å². The predicted octanol–water partition coefficient (Wildman–Crippen LogP) is 2.71. The van der Waals surface area contributed by atoms with Crippen LogP contribution in [0.3, 0.4) is 0 Å². The van der Waals surface area contributed by atoms with Crippen molar-refractivity contribution in [1.29, 1.82) is 0 Å². The predicted molar refractivity (Wildman–Crippen MR) is 96.4 cm³/mol. The lowest BCUT2D eigenvalue weighted by atomic mass is 9.82. The number of benzene rings is 1. The number of nitrogens with zero attached hydrogens (tertiary/aromatic N) is 1. The molecular weight excluding hydrogens is 324 g/mol. The van der Waals surface area contributed by atoms with Crippen LogP contribution in [0.25, 0.3) is 0 Å². The van der Waals surface area contributed by atoms with E-state index in [-0.39, 0.29) is 11.0 Å². The third kappa shape index (κ3) is 3.08. The van der Waals surface area contributed by atoms with Crippen LogP contribution < -0.4 is 16.1 Å². The number of amides is 3. The number of urea groups is 1. The van der Waals surface area contributed by atoms with Gasteiger partial charge in [0.2, 0.25) is 0 Å². The molecule has 1 aromatic carbocycles. The average molecular weight is 346 g/mol. The largest absolute Gasteiger partial charge is 0.344 e. The van der Waals surface area contributed by atoms with Crippen LogP contribution in [0.2, 0.25) is 0 Å². The molecule has 0 bridgehead atoms. The number of hydrazine groups is 1. The highest BCUT2D eigenvalue weighted by atomic mass is 32.1. The Labute approximate surface area is 146 Å². The third-order valence-electron chi connectivity index (χ3n) is 4.73. The highest BCUT2D eigenvalue weighted by Gasteiger charge is 2.51. The van der Waals surface area contributed by atoms with Crippen LogP contribution in [0.4, 0.5) is 10.5 Å². The van der Waals surface area contributed by atoms with Gasteiger partial charge in [-0.15, -0.1) is 0 Å². The van der Waals surface area contributed by atoms with Gasteiger partial charge in [-0.25, -0.2) is 4.79 Å². The zero-order chi connectivity index (χ0) is 17.2. The SMILES string of the molecule is CCc1ccccc1NC(=S)NN1C(=O)NC2(CCCCC2)C1=O. The molecule has 3 N–H and O–H groups in total. The molecule has 128 valence electrons. The number of anilines is 1. The molecular formula is C17H22N4O2S. The molecule has 0 unspecified atom stereocenters. The first-order chi connectivity index (χ1) is 11.6. The van der Waals surface area contributed by atoms with Gasteiger partial charge in [0.15, 0.2) is 5.11 Å². The van der Waals surface area contributed by atoms with E-state index in [1.165, 1.54) is 0 Å². The fourth-order valence-corrected chi connectivity index (χ4v) is 3.62. The topological polar surface area (TPSA) is 73.5 Å². The molecule has 1 saturated carbocycles. The van der Waals surface area contributed by atoms with E-state index in [9.17, 15) is 9.59 Å². The molecule has 2 fully saturated rings. The van der Waals surface area contributed by atoms with Crippen molar-refractivity contribution in [2.75, 3.05) is 5.32 Å². The van der Waals surface area contributed by atoms with E-state index in [2.05, 4.69) is 23.0 Å². The van der Waals surface area contributed by atoms with Gasteiger partial charge >= 0.3 is 6.03 Å². The van der Waals surface area contributed by atoms with Crippen molar-refractivity contribution < 1.29 is 9.59 Å². The molecule has 2 aliphatic rings. The first kappa shape index (κ1) is 16.7. The van der Waals surface area contributed by atoms with Gasteiger partial charge in [0, 0.05) is 5.69 Å². The molecule has 24 heavy (non-hydrogen) atoms. The van der Waals surface area contributed by atoms with Crippen molar-refractivity contribution in [3.05, 3.63) is 29.8 Å². The number of thiocarbonyl (C=S) groups is 1. The first-order valence-electron chi connectivity index (χ1n) is 8.38. The van der Waals surface area contributed by atoms with E-state index in [1.54, 1.807) is 0 Å². The van der Waals surface area contributed by atoms with Crippen LogP contribution in [0.1, 0.15) is 44.6 Å². The Bertz CT molecular complexity index is 670. The highest BCUT2D eigenvalue weighted by Crippen LogP contribution is 2.33. The summed E-state index contributed by atoms with van der Waals surface area (Å²) in [6, 6.07) is 7.37. The molecule has 7 heteroatoms. The van der Waals surface area contributed by atoms with Crippen LogP contribution in [-0.4, -0.2) is 27.6 Å². The number of hydrogen-bond acceptors (Lipinski definition) is 3. The number of hydrogen-bond donors (Lipinski definition) is 3. The Morgan fingerprint density at radius 2 is 1.96 bits per heavy atom. The fraction of sp³-hybridized carbons (Fsp3) is 0.471. The molecule has 1 aliphatic heterocycles. The summed E-state index contributed by atoms with van der Waals surface area (Å²) in [6.45, 7) is 2.06. The monoisotopic (exact) mass is 346 g/mol. The zero-order valence-corrected chi connectivity index (χ0v) is 14.5. The Hall–Kier alpha value is -2.15. The summed E-state index contributed by atoms with van der Waals surface area (Å²) >= 11 is 5.28. The van der Waals surface area contributed by atoms with Gasteiger partial charge in [0.25, 0.3) is 5.91 Å². The summed E-state index contributed by atoms with van der Waals surface area (Å²) in [7, 11) is 0. The molecule has 3 rings (SSSR count). The molecule has 1 aliphatic carbocycles. The lowest BCUT2D eigenvalue weighted by Crippen LogP contribution is -2.51. The van der Waals surface area contributed by atoms with Crippen LogP contribution in [0, 0.1) is 0 Å². The molecule has 0 atom stereocenters. The Balaban J connectivity index is 1.68. The van der Waals surface area contributed by atoms with Crippen molar-refractivity contribution in [2.45, 2.75) is 51.0 Å². The zero-order valence-electron chi connectivity index (χ0n) is 13.7. The van der Waals surface area contributed by atoms with Crippen LogP contribution in [0.5, 0.6) is 0 Å². The second kappa shape index (κ2) is 6.76. The average Bonchev–Trinajstić information content (AvgIpc) is 2.80. The number of carbonyl (C=O) groups excluding carboxylic acids is 2. The molecule has 3 amide bonds. The molecule has 0 aromatic heterocycles. The maximum atomic E-state index is 12.7. The minimum atomic E-state index is -0.751. The van der Waals surface area contributed by atoms with Crippen molar-refractivity contribution >= 4 is 35.0 Å². The first-order valence-corrected chi connectivity index (χ1v) is 8.79. The fourth-order valence-electron chi connectivity index (χ4n) is 3.42. The third-order valence-corrected chi connectivity index (χ3v) is 4.92. The van der Waals surface area contributed by atoms with E-state index in [4.69, 9.17) is 12.2 Å². The lowest BCUT2D eigenvalue weighted by Gasteiger charge is -2.30. The molecule has 0 radical (unpaired) electrons. The Morgan fingerprint density at radius 1 is 1.25 bits per heavy atom. The van der Waals surface area contributed by atoms with Crippen molar-refractivity contribution in [1.82, 2.24) is 15.8 Å². The normalized spacial score (nSPS) is 19.3. The van der Waals surface area contributed by atoms with E-state index in [0.29, 0.717) is 12.8 Å². The number of carbonyl (C=O) groups is 2. The Morgan fingerprint density at radius 3 is 2.67 bits per heavy atom. The van der Waals surface area contributed by atoms with Gasteiger partial charge in [-0.2, -0.15) is 5.01 Å². The van der Waals surface area contributed by atoms with Gasteiger partial charge in [-0.05, 0) is 43.1 Å². The van der Waals surface area contributed by atoms with Gasteiger partial charge < -0.3 is 10.6 Å². The van der Waals surface area contributed by atoms with Crippen LogP contribution in [-0.2, 0) is 11.2 Å². The number of imide groups is 1. The maximum absolute atomic E-state index is 12.7. The second-order valence-electron chi connectivity index (χ2n) is 6.29. The minimum Gasteiger partial charge on any atom is -0.331 e. The van der Waals surface area contributed by atoms with Crippen LogP contribution >= 0.6 is 12.2 Å². The standard InChI is InChI=1S/C17H22N4O2S/c1-2-12-8-4-5-9-13(12)18-15(24)20-21-14(22)17(19-16(21)23)10-6-3-7-11-17/h4-5,8-9H,2-3,6-7,10-11H2,1H3,(H,19,23)(H2,18,20,24). The molecule has 6 nitrogen and oxygen atoms in total. The second-order valence-corrected chi connectivity index (χ2v) is 6.70. The highest BCUT2D eigenvalue weighted by molar-refractivity contribution is 7.80. The molecule has 1 aromatic rings.